The SMILES string of the molecule is O=C(O)c1ccc(Cl)c([N+](=O)[O-])c1.[H-].[Na+]. The number of nitrogens with zero attached hydrogens (tertiary/aromatic N) is 1. The summed E-state index contributed by atoms with van der Waals surface area (Å²) < 4.78 is 0. The van der Waals surface area contributed by atoms with Crippen LogP contribution in [0.25, 0.3) is 0 Å². The minimum atomic E-state index is -1.22. The smallest absolute Gasteiger partial charge is 1.00 e. The summed E-state index contributed by atoms with van der Waals surface area (Å²) in [5.41, 5.74) is -0.558. The number of halogens is 1. The number of rotatable bonds is 2. The van der Waals surface area contributed by atoms with Gasteiger partial charge in [0.15, 0.2) is 0 Å². The Labute approximate surface area is 108 Å². The molecule has 1 rings (SSSR count). The van der Waals surface area contributed by atoms with Crippen molar-refractivity contribution in [3.05, 3.63) is 38.9 Å². The third-order valence-electron chi connectivity index (χ3n) is 1.39. The van der Waals surface area contributed by atoms with Gasteiger partial charge in [-0.2, -0.15) is 0 Å². The summed E-state index contributed by atoms with van der Waals surface area (Å²) in [4.78, 5) is 20.0. The Bertz CT molecular complexity index is 387. The zero-order valence-electron chi connectivity index (χ0n) is 8.23. The van der Waals surface area contributed by atoms with E-state index < -0.39 is 16.6 Å². The molecular formula is C7H5ClNNaO4. The van der Waals surface area contributed by atoms with Crippen molar-refractivity contribution in [2.75, 3.05) is 0 Å². The molecule has 1 aromatic rings. The molecule has 14 heavy (non-hydrogen) atoms. The van der Waals surface area contributed by atoms with Gasteiger partial charge in [0.1, 0.15) is 5.02 Å². The molecule has 0 heterocycles. The minimum absolute atomic E-state index is 0. The van der Waals surface area contributed by atoms with E-state index in [-0.39, 0.29) is 41.6 Å². The first-order valence-corrected chi connectivity index (χ1v) is 3.57. The van der Waals surface area contributed by atoms with Gasteiger partial charge in [-0.05, 0) is 12.1 Å². The molecule has 0 aliphatic carbocycles. The summed E-state index contributed by atoms with van der Waals surface area (Å²) in [6.07, 6.45) is 0. The summed E-state index contributed by atoms with van der Waals surface area (Å²) in [6, 6.07) is 3.31. The molecule has 0 aliphatic rings. The van der Waals surface area contributed by atoms with Crippen molar-refractivity contribution in [2.45, 2.75) is 0 Å². The molecule has 0 spiro atoms. The molecule has 70 valence electrons. The van der Waals surface area contributed by atoms with Gasteiger partial charge in [-0.25, -0.2) is 4.79 Å². The van der Waals surface area contributed by atoms with E-state index in [2.05, 4.69) is 0 Å². The molecule has 0 bridgehead atoms. The van der Waals surface area contributed by atoms with E-state index >= 15 is 0 Å². The third kappa shape index (κ3) is 2.95. The van der Waals surface area contributed by atoms with Crippen LogP contribution in [-0.2, 0) is 0 Å². The van der Waals surface area contributed by atoms with E-state index in [1.165, 1.54) is 12.1 Å². The first-order chi connectivity index (χ1) is 6.02. The predicted molar refractivity (Wildman–Crippen MR) is 46.2 cm³/mol. The molecule has 0 fully saturated rings. The summed E-state index contributed by atoms with van der Waals surface area (Å²) in [6.45, 7) is 0. The van der Waals surface area contributed by atoms with Crippen molar-refractivity contribution >= 4 is 23.3 Å². The van der Waals surface area contributed by atoms with Crippen molar-refractivity contribution < 1.29 is 45.8 Å². The van der Waals surface area contributed by atoms with Gasteiger partial charge in [-0.15, -0.1) is 0 Å². The topological polar surface area (TPSA) is 80.4 Å². The number of benzene rings is 1. The first kappa shape index (κ1) is 13.4. The van der Waals surface area contributed by atoms with Crippen LogP contribution in [0.2, 0.25) is 5.02 Å². The van der Waals surface area contributed by atoms with Gasteiger partial charge in [0.05, 0.1) is 10.5 Å². The number of nitro groups is 1. The summed E-state index contributed by atoms with van der Waals surface area (Å²) in [7, 11) is 0. The van der Waals surface area contributed by atoms with Crippen LogP contribution in [-0.4, -0.2) is 16.0 Å². The minimum Gasteiger partial charge on any atom is -1.00 e. The molecule has 0 radical (unpaired) electrons. The second kappa shape index (κ2) is 5.31. The van der Waals surface area contributed by atoms with Crippen molar-refractivity contribution in [1.29, 1.82) is 0 Å². The van der Waals surface area contributed by atoms with E-state index in [9.17, 15) is 14.9 Å². The van der Waals surface area contributed by atoms with Crippen LogP contribution in [0.5, 0.6) is 0 Å². The van der Waals surface area contributed by atoms with Crippen LogP contribution in [0.3, 0.4) is 0 Å². The van der Waals surface area contributed by atoms with Crippen LogP contribution >= 0.6 is 11.6 Å². The van der Waals surface area contributed by atoms with Crippen LogP contribution < -0.4 is 29.6 Å². The quantitative estimate of drug-likeness (QED) is 0.400. The molecule has 0 saturated carbocycles. The molecule has 0 atom stereocenters. The standard InChI is InChI=1S/C7H4ClNO4.Na.H/c8-5-2-1-4(7(10)11)3-6(5)9(12)13;;/h1-3H,(H,10,11);;/q;+1;-1. The molecule has 5 nitrogen and oxygen atoms in total. The van der Waals surface area contributed by atoms with Gasteiger partial charge < -0.3 is 6.53 Å². The fraction of sp³-hybridized carbons (Fsp3) is 0. The van der Waals surface area contributed by atoms with E-state index in [0.29, 0.717) is 0 Å². The molecule has 0 saturated heterocycles. The zero-order valence-corrected chi connectivity index (χ0v) is 9.99. The largest absolute Gasteiger partial charge is 1.00 e. The molecule has 0 aliphatic heterocycles. The maximum atomic E-state index is 10.4. The number of aromatic carboxylic acids is 1. The van der Waals surface area contributed by atoms with Crippen LogP contribution in [0.1, 0.15) is 11.8 Å². The van der Waals surface area contributed by atoms with Crippen LogP contribution in [0.4, 0.5) is 5.69 Å². The van der Waals surface area contributed by atoms with E-state index in [1.807, 2.05) is 0 Å². The Morgan fingerprint density at radius 3 is 2.57 bits per heavy atom. The van der Waals surface area contributed by atoms with Crippen molar-refractivity contribution in [2.24, 2.45) is 0 Å². The second-order valence-electron chi connectivity index (χ2n) is 2.23. The maximum absolute atomic E-state index is 10.4. The van der Waals surface area contributed by atoms with Gasteiger partial charge in [0.2, 0.25) is 0 Å². The maximum Gasteiger partial charge on any atom is 1.00 e. The normalized spacial score (nSPS) is 8.93. The summed E-state index contributed by atoms with van der Waals surface area (Å²) >= 11 is 5.46. The van der Waals surface area contributed by atoms with Crippen LogP contribution in [0.15, 0.2) is 18.2 Å². The van der Waals surface area contributed by atoms with Gasteiger partial charge in [0, 0.05) is 6.07 Å². The second-order valence-corrected chi connectivity index (χ2v) is 2.64. The van der Waals surface area contributed by atoms with E-state index in [4.69, 9.17) is 16.7 Å². The molecule has 0 amide bonds. The number of carboxylic acid groups (broad SMARTS) is 1. The van der Waals surface area contributed by atoms with Gasteiger partial charge in [-0.3, -0.25) is 10.1 Å². The number of nitro benzene ring substituents is 1. The zero-order chi connectivity index (χ0) is 10.0. The van der Waals surface area contributed by atoms with E-state index in [1.54, 1.807) is 0 Å². The van der Waals surface area contributed by atoms with Gasteiger partial charge in [0.25, 0.3) is 5.69 Å². The Kier molecular flexibility index (Phi) is 5.07. The molecule has 7 heteroatoms. The Morgan fingerprint density at radius 2 is 2.14 bits per heavy atom. The molecular weight excluding hydrogens is 221 g/mol. The first-order valence-electron chi connectivity index (χ1n) is 3.19. The number of hydrogen-bond acceptors (Lipinski definition) is 3. The average Bonchev–Trinajstić information content (AvgIpc) is 2.04. The van der Waals surface area contributed by atoms with Crippen molar-refractivity contribution in [3.63, 3.8) is 0 Å². The monoisotopic (exact) mass is 225 g/mol. The number of hydrogen-bond donors (Lipinski definition) is 1. The van der Waals surface area contributed by atoms with Gasteiger partial charge in [-0.1, -0.05) is 11.6 Å². The average molecular weight is 226 g/mol. The van der Waals surface area contributed by atoms with Crippen LogP contribution in [0, 0.1) is 10.1 Å². The molecule has 0 unspecified atom stereocenters. The number of carboxylic acids is 1. The van der Waals surface area contributed by atoms with Crippen molar-refractivity contribution in [1.82, 2.24) is 0 Å². The Balaban J connectivity index is 0. The summed E-state index contributed by atoms with van der Waals surface area (Å²) in [5.74, 6) is -1.22. The predicted octanol–water partition coefficient (Wildman–Crippen LogP) is -0.937. The van der Waals surface area contributed by atoms with Crippen molar-refractivity contribution in [3.8, 4) is 0 Å². The van der Waals surface area contributed by atoms with E-state index in [0.717, 1.165) is 6.07 Å². The third-order valence-corrected chi connectivity index (χ3v) is 1.71. The Morgan fingerprint density at radius 1 is 1.57 bits per heavy atom. The Hall–Kier alpha value is -0.620. The van der Waals surface area contributed by atoms with Gasteiger partial charge >= 0.3 is 35.5 Å². The fourth-order valence-electron chi connectivity index (χ4n) is 0.786. The number of carbonyl (C=O) groups is 1. The molecule has 1 aromatic carbocycles. The fourth-order valence-corrected chi connectivity index (χ4v) is 0.972. The summed E-state index contributed by atoms with van der Waals surface area (Å²) in [5, 5.41) is 18.8. The molecule has 0 aromatic heterocycles. The molecule has 1 N–H and O–H groups in total.